The zero-order valence-corrected chi connectivity index (χ0v) is 16.1. The van der Waals surface area contributed by atoms with Crippen LogP contribution in [0.4, 0.5) is 0 Å². The van der Waals surface area contributed by atoms with E-state index in [1.54, 1.807) is 0 Å². The Morgan fingerprint density at radius 2 is 0.900 bits per heavy atom. The lowest BCUT2D eigenvalue weighted by Gasteiger charge is -1.97. The van der Waals surface area contributed by atoms with Gasteiger partial charge in [-0.2, -0.15) is 0 Å². The van der Waals surface area contributed by atoms with Gasteiger partial charge in [-0.15, -0.1) is 22.7 Å². The van der Waals surface area contributed by atoms with Gasteiger partial charge in [-0.3, -0.25) is 0 Å². The van der Waals surface area contributed by atoms with Gasteiger partial charge in [0.15, 0.2) is 0 Å². The average Bonchev–Trinajstić information content (AvgIpc) is 2.99. The molecule has 0 fully saturated rings. The number of halogens is 2. The average molecular weight is 518 g/mol. The second kappa shape index (κ2) is 5.23. The van der Waals surface area contributed by atoms with Crippen LogP contribution in [0.2, 0.25) is 0 Å². The van der Waals surface area contributed by atoms with E-state index in [-0.39, 0.29) is 0 Å². The maximum absolute atomic E-state index is 2.46. The summed E-state index contributed by atoms with van der Waals surface area (Å²) in [5.41, 5.74) is 0. The Morgan fingerprint density at radius 1 is 0.550 bits per heavy atom. The van der Waals surface area contributed by atoms with Crippen molar-refractivity contribution in [1.82, 2.24) is 0 Å². The van der Waals surface area contributed by atoms with Gasteiger partial charge >= 0.3 is 0 Å². The summed E-state index contributed by atoms with van der Waals surface area (Å²) in [7, 11) is 0. The zero-order chi connectivity index (χ0) is 13.7. The van der Waals surface area contributed by atoms with Crippen molar-refractivity contribution in [2.75, 3.05) is 0 Å². The van der Waals surface area contributed by atoms with Crippen LogP contribution in [0.15, 0.2) is 48.5 Å². The summed E-state index contributed by atoms with van der Waals surface area (Å²) in [6.07, 6.45) is 0. The fourth-order valence-corrected chi connectivity index (χ4v) is 6.87. The van der Waals surface area contributed by atoms with Gasteiger partial charge < -0.3 is 0 Å². The Morgan fingerprint density at radius 3 is 1.30 bits per heavy atom. The molecule has 0 bridgehead atoms. The molecule has 0 atom stereocenters. The Hall–Kier alpha value is -0.180. The molecule has 0 saturated carbocycles. The van der Waals surface area contributed by atoms with Gasteiger partial charge in [-0.05, 0) is 45.2 Å². The van der Waals surface area contributed by atoms with E-state index in [2.05, 4.69) is 93.7 Å². The Balaban J connectivity index is 2.12. The van der Waals surface area contributed by atoms with Crippen LogP contribution in [-0.2, 0) is 0 Å². The first-order valence-electron chi connectivity index (χ1n) is 6.10. The van der Waals surface area contributed by atoms with Crippen LogP contribution in [-0.4, -0.2) is 0 Å². The number of thiophene rings is 2. The maximum Gasteiger partial charge on any atom is 0.0738 e. The van der Waals surface area contributed by atoms with E-state index in [1.807, 2.05) is 22.7 Å². The van der Waals surface area contributed by atoms with Gasteiger partial charge in [0.2, 0.25) is 0 Å². The zero-order valence-electron chi connectivity index (χ0n) is 10.2. The third kappa shape index (κ3) is 2.03. The van der Waals surface area contributed by atoms with E-state index in [1.165, 1.54) is 37.1 Å². The minimum atomic E-state index is 1.38. The minimum absolute atomic E-state index is 1.38. The third-order valence-electron chi connectivity index (χ3n) is 3.36. The van der Waals surface area contributed by atoms with Crippen molar-refractivity contribution in [3.8, 4) is 9.75 Å². The van der Waals surface area contributed by atoms with Gasteiger partial charge in [0.1, 0.15) is 0 Å². The van der Waals surface area contributed by atoms with Crippen LogP contribution in [0.5, 0.6) is 0 Å². The topological polar surface area (TPSA) is 0 Å². The molecule has 20 heavy (non-hydrogen) atoms. The molecule has 98 valence electrons. The van der Waals surface area contributed by atoms with Gasteiger partial charge in [0.05, 0.1) is 15.5 Å². The molecule has 2 heterocycles. The molecule has 4 heteroatoms. The largest absolute Gasteiger partial charge is 0.127 e. The molecule has 0 spiro atoms. The summed E-state index contributed by atoms with van der Waals surface area (Å²) in [6.45, 7) is 0. The lowest BCUT2D eigenvalue weighted by atomic mass is 10.1. The first-order valence-corrected chi connectivity index (χ1v) is 9.89. The molecular weight excluding hydrogens is 510 g/mol. The summed E-state index contributed by atoms with van der Waals surface area (Å²) < 4.78 is 2.75. The monoisotopic (exact) mass is 518 g/mol. The van der Waals surface area contributed by atoms with Gasteiger partial charge in [-0.1, -0.05) is 48.5 Å². The predicted molar refractivity (Wildman–Crippen MR) is 108 cm³/mol. The molecule has 0 amide bonds. The number of hydrogen-bond donors (Lipinski definition) is 0. The van der Waals surface area contributed by atoms with Gasteiger partial charge in [0.25, 0.3) is 0 Å². The van der Waals surface area contributed by atoms with Crippen LogP contribution in [0.25, 0.3) is 31.3 Å². The molecule has 2 aromatic carbocycles. The molecule has 0 unspecified atom stereocenters. The van der Waals surface area contributed by atoms with Crippen molar-refractivity contribution < 1.29 is 0 Å². The molecule has 0 N–H and O–H groups in total. The van der Waals surface area contributed by atoms with Crippen LogP contribution >= 0.6 is 67.9 Å². The molecule has 0 aliphatic carbocycles. The molecule has 4 aromatic rings. The van der Waals surface area contributed by atoms with Gasteiger partial charge in [-0.25, -0.2) is 0 Å². The standard InChI is InChI=1S/C16H8I2S2/c17-15-11-7-3-1-5-9(11)13(19-15)14-10-6-2-4-8-12(10)16(18)20-14/h1-8H. The molecule has 0 aliphatic rings. The highest BCUT2D eigenvalue weighted by molar-refractivity contribution is 14.1. The van der Waals surface area contributed by atoms with Crippen molar-refractivity contribution in [1.29, 1.82) is 0 Å². The van der Waals surface area contributed by atoms with E-state index in [0.29, 0.717) is 0 Å². The fraction of sp³-hybridized carbons (Fsp3) is 0. The van der Waals surface area contributed by atoms with Crippen molar-refractivity contribution in [3.63, 3.8) is 0 Å². The Bertz CT molecular complexity index is 856. The molecule has 2 aromatic heterocycles. The van der Waals surface area contributed by atoms with Crippen LogP contribution < -0.4 is 0 Å². The molecule has 0 saturated heterocycles. The Kier molecular flexibility index (Phi) is 3.52. The van der Waals surface area contributed by atoms with Crippen LogP contribution in [0.3, 0.4) is 0 Å². The lowest BCUT2D eigenvalue weighted by molar-refractivity contribution is 1.82. The van der Waals surface area contributed by atoms with Crippen molar-refractivity contribution in [3.05, 3.63) is 54.3 Å². The molecule has 4 rings (SSSR count). The summed E-state index contributed by atoms with van der Waals surface area (Å²) in [4.78, 5) is 2.82. The fourth-order valence-electron chi connectivity index (χ4n) is 2.44. The number of fused-ring (bicyclic) bond motifs is 2. The minimum Gasteiger partial charge on any atom is -0.127 e. The number of rotatable bonds is 1. The molecule has 0 aliphatic heterocycles. The smallest absolute Gasteiger partial charge is 0.0738 e. The SMILES string of the molecule is Ic1sc(-c2sc(I)c3ccccc23)c2ccccc12. The highest BCUT2D eigenvalue weighted by Gasteiger charge is 2.16. The summed E-state index contributed by atoms with van der Waals surface area (Å²) in [5, 5.41) is 5.51. The normalized spacial score (nSPS) is 11.5. The van der Waals surface area contributed by atoms with Crippen molar-refractivity contribution >= 4 is 89.4 Å². The van der Waals surface area contributed by atoms with E-state index in [4.69, 9.17) is 0 Å². The van der Waals surface area contributed by atoms with Crippen molar-refractivity contribution in [2.45, 2.75) is 0 Å². The number of hydrogen-bond acceptors (Lipinski definition) is 2. The molecule has 0 nitrogen and oxygen atoms in total. The van der Waals surface area contributed by atoms with Crippen molar-refractivity contribution in [2.24, 2.45) is 0 Å². The second-order valence-electron chi connectivity index (χ2n) is 4.50. The lowest BCUT2D eigenvalue weighted by Crippen LogP contribution is -1.70. The summed E-state index contributed by atoms with van der Waals surface area (Å²) in [5.74, 6) is 0. The molecule has 0 radical (unpaired) electrons. The van der Waals surface area contributed by atoms with E-state index in [9.17, 15) is 0 Å². The quantitative estimate of drug-likeness (QED) is 0.239. The first-order chi connectivity index (χ1) is 9.75. The van der Waals surface area contributed by atoms with E-state index in [0.717, 1.165) is 0 Å². The summed E-state index contributed by atoms with van der Waals surface area (Å²) >= 11 is 8.72. The third-order valence-corrected chi connectivity index (χ3v) is 8.02. The Labute approximate surface area is 152 Å². The van der Waals surface area contributed by atoms with E-state index >= 15 is 0 Å². The van der Waals surface area contributed by atoms with E-state index < -0.39 is 0 Å². The molecular formula is C16H8I2S2. The summed E-state index contributed by atoms with van der Waals surface area (Å²) in [6, 6.07) is 17.4. The van der Waals surface area contributed by atoms with Crippen LogP contribution in [0, 0.1) is 5.77 Å². The number of benzene rings is 2. The maximum atomic E-state index is 2.46. The second-order valence-corrected chi connectivity index (χ2v) is 10.2. The highest BCUT2D eigenvalue weighted by atomic mass is 127. The highest BCUT2D eigenvalue weighted by Crippen LogP contribution is 2.46. The van der Waals surface area contributed by atoms with Gasteiger partial charge in [0, 0.05) is 21.5 Å². The first kappa shape index (κ1) is 13.5. The van der Waals surface area contributed by atoms with Crippen LogP contribution in [0.1, 0.15) is 0 Å². The predicted octanol–water partition coefficient (Wildman–Crippen LogP) is 6.99.